The number of aryl methyl sites for hydroxylation is 3. The van der Waals surface area contributed by atoms with Crippen LogP contribution in [0.15, 0.2) is 12.1 Å². The number of anilines is 2. The number of ether oxygens (including phenoxy) is 1. The molecule has 1 fully saturated rings. The van der Waals surface area contributed by atoms with Crippen LogP contribution in [-0.4, -0.2) is 66.0 Å². The van der Waals surface area contributed by atoms with Gasteiger partial charge in [-0.25, -0.2) is 4.98 Å². The molecule has 7 nitrogen and oxygen atoms in total. The molecule has 146 valence electrons. The molecule has 1 aliphatic heterocycles. The maximum Gasteiger partial charge on any atom is 0.236 e. The van der Waals surface area contributed by atoms with Gasteiger partial charge in [-0.05, 0) is 47.0 Å². The van der Waals surface area contributed by atoms with E-state index in [1.807, 2.05) is 49.9 Å². The Kier molecular flexibility index (Phi) is 6.08. The van der Waals surface area contributed by atoms with Crippen molar-refractivity contribution in [2.45, 2.75) is 26.9 Å². The molecule has 8 heteroatoms. The Morgan fingerprint density at radius 1 is 1.33 bits per heavy atom. The zero-order chi connectivity index (χ0) is 19.6. The Balaban J connectivity index is 1.75. The number of hydrogen-bond donors (Lipinski definition) is 1. The molecule has 2 aromatic heterocycles. The molecule has 3 heterocycles. The molecular formula is C19H27N5O2S. The maximum absolute atomic E-state index is 12.4. The minimum Gasteiger partial charge on any atom is -0.368 e. The lowest BCUT2D eigenvalue weighted by molar-refractivity contribution is -0.139. The maximum atomic E-state index is 12.4. The summed E-state index contributed by atoms with van der Waals surface area (Å²) in [5, 5.41) is 4.24. The second kappa shape index (κ2) is 8.33. The minimum absolute atomic E-state index is 0.119. The first-order chi connectivity index (χ1) is 12.8. The van der Waals surface area contributed by atoms with Crippen molar-refractivity contribution in [1.29, 1.82) is 0 Å². The number of carbonyl (C=O) groups excluding carboxylic acids is 1. The van der Waals surface area contributed by atoms with E-state index in [1.54, 1.807) is 11.3 Å². The van der Waals surface area contributed by atoms with Crippen LogP contribution in [0.3, 0.4) is 0 Å². The number of aromatic nitrogens is 2. The van der Waals surface area contributed by atoms with E-state index in [1.165, 1.54) is 4.88 Å². The van der Waals surface area contributed by atoms with E-state index in [2.05, 4.69) is 22.2 Å². The van der Waals surface area contributed by atoms with E-state index in [0.29, 0.717) is 26.2 Å². The summed E-state index contributed by atoms with van der Waals surface area (Å²) >= 11 is 1.64. The van der Waals surface area contributed by atoms with Gasteiger partial charge in [-0.3, -0.25) is 9.78 Å². The molecule has 1 aliphatic rings. The van der Waals surface area contributed by atoms with Gasteiger partial charge in [-0.1, -0.05) is 0 Å². The lowest BCUT2D eigenvalue weighted by Crippen LogP contribution is -2.45. The predicted octanol–water partition coefficient (Wildman–Crippen LogP) is 2.67. The highest BCUT2D eigenvalue weighted by molar-refractivity contribution is 7.15. The van der Waals surface area contributed by atoms with Crippen molar-refractivity contribution in [2.75, 3.05) is 45.7 Å². The summed E-state index contributed by atoms with van der Waals surface area (Å²) in [5.74, 6) is 0.119. The minimum atomic E-state index is -0.218. The molecule has 2 aromatic rings. The van der Waals surface area contributed by atoms with Gasteiger partial charge in [0.1, 0.15) is 6.10 Å². The second-order valence-electron chi connectivity index (χ2n) is 7.14. The molecule has 1 N–H and O–H groups in total. The highest BCUT2D eigenvalue weighted by atomic mass is 32.1. The average Bonchev–Trinajstić information content (AvgIpc) is 2.91. The Labute approximate surface area is 164 Å². The van der Waals surface area contributed by atoms with Gasteiger partial charge in [-0.15, -0.1) is 11.3 Å². The summed E-state index contributed by atoms with van der Waals surface area (Å²) in [4.78, 5) is 26.5. The van der Waals surface area contributed by atoms with Gasteiger partial charge in [-0.2, -0.15) is 0 Å². The monoisotopic (exact) mass is 389 g/mol. The predicted molar refractivity (Wildman–Crippen MR) is 108 cm³/mol. The number of nitrogens with one attached hydrogen (secondary N) is 1. The van der Waals surface area contributed by atoms with Gasteiger partial charge in [0.25, 0.3) is 0 Å². The van der Waals surface area contributed by atoms with Crippen LogP contribution in [0, 0.1) is 20.8 Å². The summed E-state index contributed by atoms with van der Waals surface area (Å²) in [6, 6.07) is 3.98. The third-order valence-corrected chi connectivity index (χ3v) is 5.44. The Morgan fingerprint density at radius 2 is 2.11 bits per heavy atom. The van der Waals surface area contributed by atoms with Crippen LogP contribution in [-0.2, 0) is 9.53 Å². The average molecular weight is 390 g/mol. The molecule has 0 bridgehead atoms. The number of rotatable bonds is 5. The molecule has 1 atom stereocenters. The SMILES string of the molecule is Cc1cc(Nc2nc(C)c(C)s2)cc(C2CN(C(=O)CN(C)C)CCO2)n1. The van der Waals surface area contributed by atoms with E-state index in [-0.39, 0.29) is 12.0 Å². The molecule has 0 aliphatic carbocycles. The molecule has 1 unspecified atom stereocenters. The van der Waals surface area contributed by atoms with Gasteiger partial charge in [0.15, 0.2) is 5.13 Å². The first kappa shape index (κ1) is 19.7. The lowest BCUT2D eigenvalue weighted by atomic mass is 10.1. The number of nitrogens with zero attached hydrogens (tertiary/aromatic N) is 4. The Bertz CT molecular complexity index is 801. The number of carbonyl (C=O) groups is 1. The van der Waals surface area contributed by atoms with Crippen LogP contribution in [0.25, 0.3) is 0 Å². The third-order valence-electron chi connectivity index (χ3n) is 4.45. The van der Waals surface area contributed by atoms with Crippen LogP contribution in [0.4, 0.5) is 10.8 Å². The smallest absolute Gasteiger partial charge is 0.236 e. The summed E-state index contributed by atoms with van der Waals surface area (Å²) in [6.45, 7) is 8.11. The number of morpholine rings is 1. The fourth-order valence-corrected chi connectivity index (χ4v) is 3.84. The van der Waals surface area contributed by atoms with Crippen LogP contribution in [0.1, 0.15) is 28.1 Å². The number of hydrogen-bond acceptors (Lipinski definition) is 7. The topological polar surface area (TPSA) is 70.6 Å². The summed E-state index contributed by atoms with van der Waals surface area (Å²) in [5.41, 5.74) is 3.72. The van der Waals surface area contributed by atoms with E-state index in [0.717, 1.165) is 27.9 Å². The molecule has 0 spiro atoms. The van der Waals surface area contributed by atoms with Gasteiger partial charge >= 0.3 is 0 Å². The van der Waals surface area contributed by atoms with Crippen LogP contribution in [0.5, 0.6) is 0 Å². The molecule has 0 saturated carbocycles. The van der Waals surface area contributed by atoms with E-state index in [4.69, 9.17) is 4.74 Å². The first-order valence-electron chi connectivity index (χ1n) is 9.05. The highest BCUT2D eigenvalue weighted by Crippen LogP contribution is 2.28. The van der Waals surface area contributed by atoms with E-state index < -0.39 is 0 Å². The number of likely N-dealkylation sites (N-methyl/N-ethyl adjacent to an activating group) is 1. The van der Waals surface area contributed by atoms with E-state index >= 15 is 0 Å². The summed E-state index contributed by atoms with van der Waals surface area (Å²) < 4.78 is 5.92. The summed E-state index contributed by atoms with van der Waals surface area (Å²) in [7, 11) is 3.80. The van der Waals surface area contributed by atoms with Crippen molar-refractivity contribution in [2.24, 2.45) is 0 Å². The summed E-state index contributed by atoms with van der Waals surface area (Å²) in [6.07, 6.45) is -0.218. The zero-order valence-corrected chi connectivity index (χ0v) is 17.4. The number of pyridine rings is 1. The molecule has 27 heavy (non-hydrogen) atoms. The zero-order valence-electron chi connectivity index (χ0n) is 16.6. The van der Waals surface area contributed by atoms with Gasteiger partial charge in [0.2, 0.25) is 5.91 Å². The standard InChI is InChI=1S/C19H27N5O2S/c1-12-8-15(22-19-21-13(2)14(3)27-19)9-16(20-12)17-10-24(6-7-26-17)18(25)11-23(4)5/h8-9,17H,6-7,10-11H2,1-5H3,(H,20,21,22). The third kappa shape index (κ3) is 5.03. The van der Waals surface area contributed by atoms with Crippen molar-refractivity contribution in [3.05, 3.63) is 34.1 Å². The molecule has 1 amide bonds. The highest BCUT2D eigenvalue weighted by Gasteiger charge is 2.27. The van der Waals surface area contributed by atoms with Crippen molar-refractivity contribution < 1.29 is 9.53 Å². The molecule has 1 saturated heterocycles. The second-order valence-corrected chi connectivity index (χ2v) is 8.35. The first-order valence-corrected chi connectivity index (χ1v) is 9.87. The van der Waals surface area contributed by atoms with Crippen LogP contribution < -0.4 is 5.32 Å². The largest absolute Gasteiger partial charge is 0.368 e. The molecular weight excluding hydrogens is 362 g/mol. The van der Waals surface area contributed by atoms with Crippen molar-refractivity contribution in [1.82, 2.24) is 19.8 Å². The lowest BCUT2D eigenvalue weighted by Gasteiger charge is -2.33. The van der Waals surface area contributed by atoms with Gasteiger partial charge in [0.05, 0.1) is 31.1 Å². The Morgan fingerprint density at radius 3 is 2.78 bits per heavy atom. The molecule has 0 radical (unpaired) electrons. The molecule has 3 rings (SSSR count). The van der Waals surface area contributed by atoms with Gasteiger partial charge in [0, 0.05) is 22.8 Å². The van der Waals surface area contributed by atoms with E-state index in [9.17, 15) is 4.79 Å². The fourth-order valence-electron chi connectivity index (χ4n) is 3.01. The number of amides is 1. The fraction of sp³-hybridized carbons (Fsp3) is 0.526. The van der Waals surface area contributed by atoms with Crippen LogP contribution in [0.2, 0.25) is 0 Å². The van der Waals surface area contributed by atoms with Crippen molar-refractivity contribution in [3.8, 4) is 0 Å². The van der Waals surface area contributed by atoms with Crippen LogP contribution >= 0.6 is 11.3 Å². The van der Waals surface area contributed by atoms with Crippen molar-refractivity contribution >= 4 is 28.1 Å². The van der Waals surface area contributed by atoms with Crippen molar-refractivity contribution in [3.63, 3.8) is 0 Å². The molecule has 0 aromatic carbocycles. The Hall–Kier alpha value is -2.03. The normalized spacial score (nSPS) is 17.4. The quantitative estimate of drug-likeness (QED) is 0.848. The van der Waals surface area contributed by atoms with Gasteiger partial charge < -0.3 is 19.9 Å². The number of thiazole rings is 1.